The van der Waals surface area contributed by atoms with Gasteiger partial charge in [0.25, 0.3) is 0 Å². The number of hydrogen-bond donors (Lipinski definition) is 1. The highest BCUT2D eigenvalue weighted by atomic mass is 35.5. The number of nitrogens with one attached hydrogen (secondary N) is 1. The van der Waals surface area contributed by atoms with Gasteiger partial charge in [-0.15, -0.1) is 0 Å². The number of sulfonamides is 1. The third-order valence-electron chi connectivity index (χ3n) is 4.87. The van der Waals surface area contributed by atoms with Crippen molar-refractivity contribution in [3.63, 3.8) is 0 Å². The van der Waals surface area contributed by atoms with Crippen LogP contribution in [0.15, 0.2) is 53.4 Å². The molecule has 2 rings (SSSR count). The summed E-state index contributed by atoms with van der Waals surface area (Å²) in [4.78, 5) is 27.0. The zero-order chi connectivity index (χ0) is 23.2. The van der Waals surface area contributed by atoms with E-state index in [1.165, 1.54) is 24.1 Å². The molecule has 7 nitrogen and oxygen atoms in total. The van der Waals surface area contributed by atoms with Crippen molar-refractivity contribution in [1.29, 1.82) is 0 Å². The van der Waals surface area contributed by atoms with Crippen LogP contribution in [0.1, 0.15) is 25.0 Å². The predicted octanol–water partition coefficient (Wildman–Crippen LogP) is 2.82. The average molecular weight is 466 g/mol. The van der Waals surface area contributed by atoms with Crippen LogP contribution < -0.4 is 5.32 Å². The van der Waals surface area contributed by atoms with Crippen molar-refractivity contribution in [3.8, 4) is 0 Å². The Bertz CT molecular complexity index is 1010. The lowest BCUT2D eigenvalue weighted by atomic mass is 10.1. The number of hydrogen-bond acceptors (Lipinski definition) is 4. The monoisotopic (exact) mass is 465 g/mol. The molecule has 0 saturated heterocycles. The van der Waals surface area contributed by atoms with E-state index in [-0.39, 0.29) is 17.3 Å². The Labute approximate surface area is 189 Å². The Morgan fingerprint density at radius 2 is 1.65 bits per heavy atom. The fourth-order valence-corrected chi connectivity index (χ4v) is 4.19. The van der Waals surface area contributed by atoms with Crippen molar-refractivity contribution in [3.05, 3.63) is 64.7 Å². The Hall–Kier alpha value is -2.42. The molecule has 2 aromatic rings. The van der Waals surface area contributed by atoms with Crippen molar-refractivity contribution in [2.75, 3.05) is 20.1 Å². The topological polar surface area (TPSA) is 86.8 Å². The highest BCUT2D eigenvalue weighted by Crippen LogP contribution is 2.17. The molecule has 1 unspecified atom stereocenters. The van der Waals surface area contributed by atoms with Crippen LogP contribution in [0.2, 0.25) is 5.02 Å². The third-order valence-corrected chi connectivity index (χ3v) is 6.94. The van der Waals surface area contributed by atoms with Crippen molar-refractivity contribution in [1.82, 2.24) is 14.5 Å². The van der Waals surface area contributed by atoms with Crippen LogP contribution in [0.4, 0.5) is 0 Å². The number of benzene rings is 2. The maximum Gasteiger partial charge on any atom is 0.243 e. The van der Waals surface area contributed by atoms with E-state index in [2.05, 4.69) is 5.32 Å². The first-order valence-electron chi connectivity index (χ1n) is 9.91. The molecule has 0 spiro atoms. The van der Waals surface area contributed by atoms with E-state index in [0.29, 0.717) is 11.6 Å². The van der Waals surface area contributed by atoms with Gasteiger partial charge in [0.15, 0.2) is 0 Å². The van der Waals surface area contributed by atoms with E-state index in [1.54, 1.807) is 50.2 Å². The van der Waals surface area contributed by atoms with Gasteiger partial charge in [-0.1, -0.05) is 41.4 Å². The molecule has 0 fully saturated rings. The minimum absolute atomic E-state index is 0.106. The molecule has 0 radical (unpaired) electrons. The van der Waals surface area contributed by atoms with E-state index >= 15 is 0 Å². The number of nitrogens with zero attached hydrogens (tertiary/aromatic N) is 2. The Morgan fingerprint density at radius 1 is 1.06 bits per heavy atom. The standard InChI is InChI=1S/C22H28ClN3O4S/c1-5-24-22(28)17(3)26(14-18-8-10-19(23)11-9-18)21(27)15-25(4)31(29,30)20-12-6-16(2)7-13-20/h6-13,17H,5,14-15H2,1-4H3,(H,24,28). The summed E-state index contributed by atoms with van der Waals surface area (Å²) < 4.78 is 26.7. The molecule has 168 valence electrons. The molecular formula is C22H28ClN3O4S. The highest BCUT2D eigenvalue weighted by molar-refractivity contribution is 7.89. The zero-order valence-corrected chi connectivity index (χ0v) is 19.7. The van der Waals surface area contributed by atoms with Gasteiger partial charge in [-0.05, 0) is 50.6 Å². The fourth-order valence-electron chi connectivity index (χ4n) is 2.95. The van der Waals surface area contributed by atoms with E-state index in [4.69, 9.17) is 11.6 Å². The number of carbonyl (C=O) groups excluding carboxylic acids is 2. The van der Waals surface area contributed by atoms with Crippen LogP contribution in [0.3, 0.4) is 0 Å². The summed E-state index contributed by atoms with van der Waals surface area (Å²) in [6, 6.07) is 12.6. The van der Waals surface area contributed by atoms with E-state index < -0.39 is 28.5 Å². The van der Waals surface area contributed by atoms with Gasteiger partial charge in [-0.3, -0.25) is 9.59 Å². The Morgan fingerprint density at radius 3 is 2.19 bits per heavy atom. The first-order valence-corrected chi connectivity index (χ1v) is 11.7. The van der Waals surface area contributed by atoms with Gasteiger partial charge < -0.3 is 10.2 Å². The Balaban J connectivity index is 2.25. The van der Waals surface area contributed by atoms with Crippen LogP contribution in [-0.4, -0.2) is 55.6 Å². The van der Waals surface area contributed by atoms with Gasteiger partial charge in [0.1, 0.15) is 6.04 Å². The predicted molar refractivity (Wildman–Crippen MR) is 121 cm³/mol. The number of carbonyl (C=O) groups is 2. The van der Waals surface area contributed by atoms with Gasteiger partial charge in [-0.25, -0.2) is 8.42 Å². The molecule has 31 heavy (non-hydrogen) atoms. The first kappa shape index (κ1) is 24.8. The van der Waals surface area contributed by atoms with Gasteiger partial charge in [0.05, 0.1) is 11.4 Å². The maximum atomic E-state index is 13.1. The lowest BCUT2D eigenvalue weighted by molar-refractivity contribution is -0.140. The van der Waals surface area contributed by atoms with E-state index in [9.17, 15) is 18.0 Å². The number of aryl methyl sites for hydroxylation is 1. The number of rotatable bonds is 9. The SMILES string of the molecule is CCNC(=O)C(C)N(Cc1ccc(Cl)cc1)C(=O)CN(C)S(=O)(=O)c1ccc(C)cc1. The molecular weight excluding hydrogens is 438 g/mol. The summed E-state index contributed by atoms with van der Waals surface area (Å²) in [5, 5.41) is 3.26. The van der Waals surface area contributed by atoms with Crippen molar-refractivity contribution in [2.24, 2.45) is 0 Å². The van der Waals surface area contributed by atoms with Crippen molar-refractivity contribution >= 4 is 33.4 Å². The van der Waals surface area contributed by atoms with E-state index in [1.807, 2.05) is 6.92 Å². The van der Waals surface area contributed by atoms with E-state index in [0.717, 1.165) is 15.4 Å². The molecule has 1 N–H and O–H groups in total. The molecule has 0 heterocycles. The van der Waals surface area contributed by atoms with Crippen LogP contribution in [0.5, 0.6) is 0 Å². The highest BCUT2D eigenvalue weighted by Gasteiger charge is 2.30. The summed E-state index contributed by atoms with van der Waals surface area (Å²) in [5.74, 6) is -0.791. The van der Waals surface area contributed by atoms with Crippen molar-refractivity contribution in [2.45, 2.75) is 38.3 Å². The molecule has 0 aliphatic carbocycles. The molecule has 0 aromatic heterocycles. The summed E-state index contributed by atoms with van der Waals surface area (Å²) in [5.41, 5.74) is 1.71. The normalized spacial score (nSPS) is 12.5. The van der Waals surface area contributed by atoms with Crippen LogP contribution in [0, 0.1) is 6.92 Å². The maximum absolute atomic E-state index is 13.1. The van der Waals surface area contributed by atoms with Gasteiger partial charge >= 0.3 is 0 Å². The van der Waals surface area contributed by atoms with Gasteiger partial charge in [0, 0.05) is 25.2 Å². The van der Waals surface area contributed by atoms with Crippen LogP contribution >= 0.6 is 11.6 Å². The van der Waals surface area contributed by atoms with Crippen LogP contribution in [0.25, 0.3) is 0 Å². The molecule has 0 aliphatic rings. The molecule has 0 bridgehead atoms. The Kier molecular flexibility index (Phi) is 8.61. The molecule has 9 heteroatoms. The number of likely N-dealkylation sites (N-methyl/N-ethyl adjacent to an activating group) is 2. The minimum Gasteiger partial charge on any atom is -0.355 e. The minimum atomic E-state index is -3.85. The smallest absolute Gasteiger partial charge is 0.243 e. The summed E-state index contributed by atoms with van der Waals surface area (Å²) in [6.07, 6.45) is 0. The average Bonchev–Trinajstić information content (AvgIpc) is 2.73. The molecule has 1 atom stereocenters. The molecule has 2 aromatic carbocycles. The summed E-state index contributed by atoms with van der Waals surface area (Å²) in [6.45, 7) is 5.44. The third kappa shape index (κ3) is 6.53. The first-order chi connectivity index (χ1) is 14.6. The van der Waals surface area contributed by atoms with Gasteiger partial charge in [0.2, 0.25) is 21.8 Å². The lowest BCUT2D eigenvalue weighted by Crippen LogP contribution is -2.50. The largest absolute Gasteiger partial charge is 0.355 e. The number of halogens is 1. The zero-order valence-electron chi connectivity index (χ0n) is 18.1. The summed E-state index contributed by atoms with van der Waals surface area (Å²) >= 11 is 5.93. The lowest BCUT2D eigenvalue weighted by Gasteiger charge is -2.30. The van der Waals surface area contributed by atoms with Crippen LogP contribution in [-0.2, 0) is 26.2 Å². The van der Waals surface area contributed by atoms with Gasteiger partial charge in [-0.2, -0.15) is 4.31 Å². The molecule has 0 aliphatic heterocycles. The fraction of sp³-hybridized carbons (Fsp3) is 0.364. The second-order valence-electron chi connectivity index (χ2n) is 7.29. The second-order valence-corrected chi connectivity index (χ2v) is 9.77. The summed E-state index contributed by atoms with van der Waals surface area (Å²) in [7, 11) is -2.50. The molecule has 2 amide bonds. The second kappa shape index (κ2) is 10.7. The number of amides is 2. The van der Waals surface area contributed by atoms with Crippen molar-refractivity contribution < 1.29 is 18.0 Å². The molecule has 0 saturated carbocycles. The quantitative estimate of drug-likeness (QED) is 0.617.